The molecule has 6 heteroatoms. The molecule has 0 saturated carbocycles. The number of likely N-dealkylation sites (N-methyl/N-ethyl adjacent to an activating group) is 1. The molecule has 0 aromatic heterocycles. The molecule has 0 aliphatic heterocycles. The Morgan fingerprint density at radius 1 is 1.20 bits per heavy atom. The Bertz CT molecular complexity index is 355. The molecular formula is C9H8BrClF3N. The van der Waals surface area contributed by atoms with Crippen LogP contribution in [0.25, 0.3) is 0 Å². The van der Waals surface area contributed by atoms with Crippen molar-refractivity contribution < 1.29 is 13.2 Å². The van der Waals surface area contributed by atoms with Crippen molar-refractivity contribution in [3.8, 4) is 0 Å². The average Bonchev–Trinajstić information content (AvgIpc) is 2.24. The van der Waals surface area contributed by atoms with Gasteiger partial charge in [-0.05, 0) is 35.9 Å². The Morgan fingerprint density at radius 3 is 2.33 bits per heavy atom. The fourth-order valence-electron chi connectivity index (χ4n) is 1.12. The molecule has 84 valence electrons. The van der Waals surface area contributed by atoms with Crippen LogP contribution in [-0.2, 0) is 6.42 Å². The molecule has 0 bridgehead atoms. The summed E-state index contributed by atoms with van der Waals surface area (Å²) in [4.78, 5) is 0. The summed E-state index contributed by atoms with van der Waals surface area (Å²) >= 11 is 8.17. The molecular weight excluding hydrogens is 294 g/mol. The highest BCUT2D eigenvalue weighted by Crippen LogP contribution is 2.32. The van der Waals surface area contributed by atoms with Gasteiger partial charge in [0.1, 0.15) is 0 Å². The lowest BCUT2D eigenvalue weighted by atomic mass is 10.1. The van der Waals surface area contributed by atoms with Crippen LogP contribution in [0.3, 0.4) is 0 Å². The maximum absolute atomic E-state index is 13.3. The third-order valence-corrected chi connectivity index (χ3v) is 3.02. The Hall–Kier alpha value is -0.260. The minimum Gasteiger partial charge on any atom is -0.319 e. The largest absolute Gasteiger partial charge is 0.319 e. The van der Waals surface area contributed by atoms with Gasteiger partial charge in [-0.25, -0.2) is 13.2 Å². The van der Waals surface area contributed by atoms with E-state index in [1.165, 1.54) is 0 Å². The molecule has 0 saturated heterocycles. The van der Waals surface area contributed by atoms with E-state index in [4.69, 9.17) is 11.6 Å². The van der Waals surface area contributed by atoms with Gasteiger partial charge in [-0.3, -0.25) is 0 Å². The van der Waals surface area contributed by atoms with Crippen molar-refractivity contribution in [2.24, 2.45) is 0 Å². The zero-order valence-corrected chi connectivity index (χ0v) is 10.1. The van der Waals surface area contributed by atoms with Crippen molar-refractivity contribution in [1.82, 2.24) is 5.32 Å². The van der Waals surface area contributed by atoms with Crippen molar-refractivity contribution in [2.45, 2.75) is 6.42 Å². The van der Waals surface area contributed by atoms with E-state index in [1.54, 1.807) is 7.05 Å². The predicted molar refractivity (Wildman–Crippen MR) is 56.7 cm³/mol. The number of benzene rings is 1. The van der Waals surface area contributed by atoms with Gasteiger partial charge >= 0.3 is 0 Å². The molecule has 1 rings (SSSR count). The lowest BCUT2D eigenvalue weighted by molar-refractivity contribution is 0.477. The topological polar surface area (TPSA) is 12.0 Å². The van der Waals surface area contributed by atoms with Crippen LogP contribution in [0, 0.1) is 17.5 Å². The highest BCUT2D eigenvalue weighted by atomic mass is 79.9. The zero-order valence-electron chi connectivity index (χ0n) is 7.80. The van der Waals surface area contributed by atoms with E-state index in [9.17, 15) is 13.2 Å². The van der Waals surface area contributed by atoms with E-state index in [1.807, 2.05) is 0 Å². The van der Waals surface area contributed by atoms with Crippen LogP contribution >= 0.6 is 27.5 Å². The van der Waals surface area contributed by atoms with E-state index >= 15 is 0 Å². The Kier molecular flexibility index (Phi) is 4.43. The third kappa shape index (κ3) is 2.46. The molecule has 0 heterocycles. The van der Waals surface area contributed by atoms with Gasteiger partial charge in [0.15, 0.2) is 17.5 Å². The first-order valence-electron chi connectivity index (χ1n) is 4.15. The van der Waals surface area contributed by atoms with E-state index < -0.39 is 21.9 Å². The number of nitrogens with one attached hydrogen (secondary N) is 1. The van der Waals surface area contributed by atoms with E-state index in [0.717, 1.165) is 0 Å². The fourth-order valence-corrected chi connectivity index (χ4v) is 1.88. The average molecular weight is 303 g/mol. The molecule has 0 fully saturated rings. The molecule has 0 spiro atoms. The van der Waals surface area contributed by atoms with E-state index in [0.29, 0.717) is 6.54 Å². The molecule has 0 aliphatic rings. The summed E-state index contributed by atoms with van der Waals surface area (Å²) in [5.41, 5.74) is -0.149. The Morgan fingerprint density at radius 2 is 1.80 bits per heavy atom. The SMILES string of the molecule is CNCCc1c(F)c(F)c(Br)c(F)c1Cl. The summed E-state index contributed by atoms with van der Waals surface area (Å²) in [5.74, 6) is -3.33. The first-order chi connectivity index (χ1) is 7.00. The molecule has 0 radical (unpaired) electrons. The van der Waals surface area contributed by atoms with Crippen molar-refractivity contribution in [1.29, 1.82) is 0 Å². The van der Waals surface area contributed by atoms with Crippen molar-refractivity contribution in [3.63, 3.8) is 0 Å². The molecule has 1 N–H and O–H groups in total. The summed E-state index contributed by atoms with van der Waals surface area (Å²) in [7, 11) is 1.65. The second-order valence-electron chi connectivity index (χ2n) is 2.90. The molecule has 0 unspecified atom stereocenters. The minimum atomic E-state index is -1.25. The highest BCUT2D eigenvalue weighted by Gasteiger charge is 2.21. The molecule has 1 nitrogen and oxygen atoms in total. The number of halogens is 5. The summed E-state index contributed by atoms with van der Waals surface area (Å²) in [6.45, 7) is 0.386. The molecule has 15 heavy (non-hydrogen) atoms. The molecule has 0 amide bonds. The van der Waals surface area contributed by atoms with Gasteiger partial charge < -0.3 is 5.32 Å². The van der Waals surface area contributed by atoms with Crippen LogP contribution in [0.5, 0.6) is 0 Å². The highest BCUT2D eigenvalue weighted by molar-refractivity contribution is 9.10. The second kappa shape index (κ2) is 5.18. The van der Waals surface area contributed by atoms with Gasteiger partial charge in [-0.15, -0.1) is 0 Å². The first kappa shape index (κ1) is 12.8. The van der Waals surface area contributed by atoms with Crippen molar-refractivity contribution >= 4 is 27.5 Å². The predicted octanol–water partition coefficient (Wildman–Crippen LogP) is 3.28. The van der Waals surface area contributed by atoms with E-state index in [-0.39, 0.29) is 17.0 Å². The standard InChI is InChI=1S/C9H8BrClF3N/c1-15-3-2-4-6(11)8(13)5(10)9(14)7(4)12/h15H,2-3H2,1H3. The summed E-state index contributed by atoms with van der Waals surface area (Å²) in [5, 5.41) is 2.36. The first-order valence-corrected chi connectivity index (χ1v) is 5.32. The van der Waals surface area contributed by atoms with Crippen molar-refractivity contribution in [2.75, 3.05) is 13.6 Å². The van der Waals surface area contributed by atoms with Crippen LogP contribution in [0.1, 0.15) is 5.56 Å². The number of hydrogen-bond acceptors (Lipinski definition) is 1. The second-order valence-corrected chi connectivity index (χ2v) is 4.07. The quantitative estimate of drug-likeness (QED) is 0.667. The maximum atomic E-state index is 13.3. The van der Waals surface area contributed by atoms with Gasteiger partial charge in [-0.2, -0.15) is 0 Å². The van der Waals surface area contributed by atoms with Crippen LogP contribution in [-0.4, -0.2) is 13.6 Å². The molecule has 1 aromatic rings. The van der Waals surface area contributed by atoms with Crippen LogP contribution in [0.15, 0.2) is 4.47 Å². The van der Waals surface area contributed by atoms with Gasteiger partial charge in [0.2, 0.25) is 0 Å². The number of hydrogen-bond donors (Lipinski definition) is 1. The molecule has 1 aromatic carbocycles. The van der Waals surface area contributed by atoms with Gasteiger partial charge in [-0.1, -0.05) is 11.6 Å². The normalized spacial score (nSPS) is 10.8. The lowest BCUT2D eigenvalue weighted by Gasteiger charge is -2.09. The van der Waals surface area contributed by atoms with Crippen LogP contribution in [0.2, 0.25) is 5.02 Å². The summed E-state index contributed by atoms with van der Waals surface area (Å²) < 4.78 is 39.1. The van der Waals surface area contributed by atoms with Gasteiger partial charge in [0.25, 0.3) is 0 Å². The number of rotatable bonds is 3. The van der Waals surface area contributed by atoms with Gasteiger partial charge in [0.05, 0.1) is 9.50 Å². The van der Waals surface area contributed by atoms with E-state index in [2.05, 4.69) is 21.2 Å². The van der Waals surface area contributed by atoms with Gasteiger partial charge in [0, 0.05) is 5.56 Å². The summed E-state index contributed by atoms with van der Waals surface area (Å²) in [6, 6.07) is 0. The maximum Gasteiger partial charge on any atom is 0.176 e. The summed E-state index contributed by atoms with van der Waals surface area (Å²) in [6.07, 6.45) is 0.127. The molecule has 0 aliphatic carbocycles. The lowest BCUT2D eigenvalue weighted by Crippen LogP contribution is -2.13. The smallest absolute Gasteiger partial charge is 0.176 e. The fraction of sp³-hybridized carbons (Fsp3) is 0.333. The monoisotopic (exact) mass is 301 g/mol. The van der Waals surface area contributed by atoms with Crippen LogP contribution < -0.4 is 5.32 Å². The third-order valence-electron chi connectivity index (χ3n) is 1.93. The minimum absolute atomic E-state index is 0.127. The zero-order chi connectivity index (χ0) is 11.6. The Balaban J connectivity index is 3.26. The van der Waals surface area contributed by atoms with Crippen molar-refractivity contribution in [3.05, 3.63) is 32.5 Å². The molecule has 0 atom stereocenters. The Labute approximate surface area is 98.7 Å². The van der Waals surface area contributed by atoms with Crippen LogP contribution in [0.4, 0.5) is 13.2 Å².